The van der Waals surface area contributed by atoms with Crippen molar-refractivity contribution in [1.82, 2.24) is 15.3 Å². The average molecular weight is 490 g/mol. The smallest absolute Gasteiger partial charge is 0.260 e. The van der Waals surface area contributed by atoms with Crippen LogP contribution in [0.3, 0.4) is 0 Å². The number of thiophene rings is 1. The Morgan fingerprint density at radius 3 is 2.62 bits per heavy atom. The number of rotatable bonds is 8. The second kappa shape index (κ2) is 9.76. The standard InChI is InChI=1S/C27H27N3O2S2/c1-16-8-10-19(11-9-16)24(20-12-13-20)30-25(31)17(2)33-15-22-28-26(32)23-21(14-34-27(23)29-22)18-6-4-3-5-7-18/h3-11,14,17,20,24H,12-13,15H2,1-2H3,(H,30,31)(H,28,29,32). The third-order valence-corrected chi connectivity index (χ3v) is 8.27. The summed E-state index contributed by atoms with van der Waals surface area (Å²) >= 11 is 2.96. The number of carbonyl (C=O) groups is 1. The largest absolute Gasteiger partial charge is 0.348 e. The van der Waals surface area contributed by atoms with Gasteiger partial charge in [0.2, 0.25) is 5.91 Å². The van der Waals surface area contributed by atoms with Crippen molar-refractivity contribution >= 4 is 39.2 Å². The van der Waals surface area contributed by atoms with Crippen molar-refractivity contribution < 1.29 is 4.79 Å². The number of aryl methyl sites for hydroxylation is 1. The van der Waals surface area contributed by atoms with Crippen LogP contribution in [0.15, 0.2) is 64.8 Å². The van der Waals surface area contributed by atoms with Crippen LogP contribution in [0.25, 0.3) is 21.3 Å². The Morgan fingerprint density at radius 1 is 1.18 bits per heavy atom. The van der Waals surface area contributed by atoms with E-state index in [0.717, 1.165) is 28.8 Å². The predicted octanol–water partition coefficient (Wildman–Crippen LogP) is 5.85. The molecule has 1 fully saturated rings. The molecule has 2 atom stereocenters. The maximum atomic E-state index is 13.0. The first-order chi connectivity index (χ1) is 16.5. The summed E-state index contributed by atoms with van der Waals surface area (Å²) in [6, 6.07) is 18.4. The summed E-state index contributed by atoms with van der Waals surface area (Å²) in [5.74, 6) is 1.60. The van der Waals surface area contributed by atoms with Crippen LogP contribution < -0.4 is 10.9 Å². The number of nitrogens with one attached hydrogen (secondary N) is 2. The lowest BCUT2D eigenvalue weighted by molar-refractivity contribution is -0.121. The molecule has 7 heteroatoms. The van der Waals surface area contributed by atoms with Gasteiger partial charge in [0, 0.05) is 10.9 Å². The second-order valence-corrected chi connectivity index (χ2v) is 11.1. The molecule has 5 rings (SSSR count). The van der Waals surface area contributed by atoms with E-state index in [2.05, 4.69) is 46.5 Å². The van der Waals surface area contributed by atoms with E-state index in [0.29, 0.717) is 22.9 Å². The van der Waals surface area contributed by atoms with Crippen LogP contribution in [-0.2, 0) is 10.5 Å². The fourth-order valence-corrected chi connectivity index (χ4v) is 5.85. The summed E-state index contributed by atoms with van der Waals surface area (Å²) in [5, 5.41) is 5.62. The zero-order valence-electron chi connectivity index (χ0n) is 19.2. The minimum absolute atomic E-state index is 0.0217. The van der Waals surface area contributed by atoms with E-state index in [-0.39, 0.29) is 22.8 Å². The van der Waals surface area contributed by atoms with Gasteiger partial charge in [-0.05, 0) is 43.7 Å². The molecule has 0 spiro atoms. The molecule has 0 aliphatic heterocycles. The van der Waals surface area contributed by atoms with Crippen molar-refractivity contribution in [2.75, 3.05) is 0 Å². The molecule has 1 aliphatic rings. The van der Waals surface area contributed by atoms with E-state index in [1.807, 2.05) is 42.6 Å². The molecule has 1 saturated carbocycles. The maximum Gasteiger partial charge on any atom is 0.260 e. The van der Waals surface area contributed by atoms with Gasteiger partial charge in [-0.1, -0.05) is 60.2 Å². The highest BCUT2D eigenvalue weighted by molar-refractivity contribution is 7.99. The number of aromatic nitrogens is 2. The number of H-pyrrole nitrogens is 1. The first-order valence-corrected chi connectivity index (χ1v) is 13.5. The molecule has 5 nitrogen and oxygen atoms in total. The molecule has 2 heterocycles. The molecule has 2 aromatic heterocycles. The number of hydrogen-bond donors (Lipinski definition) is 2. The molecule has 0 saturated heterocycles. The molecule has 1 amide bonds. The summed E-state index contributed by atoms with van der Waals surface area (Å²) < 4.78 is 0. The van der Waals surface area contributed by atoms with Crippen LogP contribution >= 0.6 is 23.1 Å². The number of fused-ring (bicyclic) bond motifs is 1. The van der Waals surface area contributed by atoms with Gasteiger partial charge in [-0.3, -0.25) is 9.59 Å². The number of amides is 1. The number of aromatic amines is 1. The first kappa shape index (κ1) is 22.9. The molecule has 174 valence electrons. The number of benzene rings is 2. The van der Waals surface area contributed by atoms with Crippen LogP contribution in [0.2, 0.25) is 0 Å². The molecule has 1 aliphatic carbocycles. The number of thioether (sulfide) groups is 1. The number of carbonyl (C=O) groups excluding carboxylic acids is 1. The van der Waals surface area contributed by atoms with Gasteiger partial charge in [0.15, 0.2) is 0 Å². The minimum atomic E-state index is -0.254. The zero-order valence-corrected chi connectivity index (χ0v) is 20.8. The lowest BCUT2D eigenvalue weighted by Crippen LogP contribution is -2.35. The average Bonchev–Trinajstić information content (AvgIpc) is 3.60. The molecule has 2 aromatic carbocycles. The quantitative estimate of drug-likeness (QED) is 0.326. The molecule has 34 heavy (non-hydrogen) atoms. The number of nitrogens with zero attached hydrogens (tertiary/aromatic N) is 1. The van der Waals surface area contributed by atoms with Crippen molar-refractivity contribution in [3.05, 3.63) is 87.3 Å². The van der Waals surface area contributed by atoms with Crippen LogP contribution in [0.4, 0.5) is 0 Å². The minimum Gasteiger partial charge on any atom is -0.348 e. The summed E-state index contributed by atoms with van der Waals surface area (Å²) in [6.07, 6.45) is 2.30. The normalized spacial score (nSPS) is 15.2. The monoisotopic (exact) mass is 489 g/mol. The Labute approximate surface area is 207 Å². The molecular weight excluding hydrogens is 462 g/mol. The first-order valence-electron chi connectivity index (χ1n) is 11.5. The zero-order chi connectivity index (χ0) is 23.7. The van der Waals surface area contributed by atoms with Crippen molar-refractivity contribution in [1.29, 1.82) is 0 Å². The van der Waals surface area contributed by atoms with Gasteiger partial charge in [0.1, 0.15) is 10.7 Å². The fourth-order valence-electron chi connectivity index (χ4n) is 4.12. The third kappa shape index (κ3) is 4.95. The van der Waals surface area contributed by atoms with Gasteiger partial charge in [0.05, 0.1) is 22.4 Å². The van der Waals surface area contributed by atoms with Crippen LogP contribution in [0.5, 0.6) is 0 Å². The Bertz CT molecular complexity index is 1360. The molecule has 0 radical (unpaired) electrons. The molecule has 2 N–H and O–H groups in total. The fraction of sp³-hybridized carbons (Fsp3) is 0.296. The van der Waals surface area contributed by atoms with Crippen molar-refractivity contribution in [2.45, 2.75) is 43.7 Å². The van der Waals surface area contributed by atoms with E-state index < -0.39 is 0 Å². The van der Waals surface area contributed by atoms with Crippen molar-refractivity contribution in [2.24, 2.45) is 5.92 Å². The van der Waals surface area contributed by atoms with Gasteiger partial charge in [0.25, 0.3) is 5.56 Å². The summed E-state index contributed by atoms with van der Waals surface area (Å²) in [4.78, 5) is 34.2. The summed E-state index contributed by atoms with van der Waals surface area (Å²) in [6.45, 7) is 3.98. The predicted molar refractivity (Wildman–Crippen MR) is 141 cm³/mol. The Kier molecular flexibility index (Phi) is 6.57. The van der Waals surface area contributed by atoms with Gasteiger partial charge >= 0.3 is 0 Å². The highest BCUT2D eigenvalue weighted by Crippen LogP contribution is 2.41. The van der Waals surface area contributed by atoms with Crippen LogP contribution in [0.1, 0.15) is 42.8 Å². The SMILES string of the molecule is Cc1ccc(C(NC(=O)C(C)SCc2nc3scc(-c4ccccc4)c3c(=O)[nH]2)C2CC2)cc1. The van der Waals surface area contributed by atoms with Gasteiger partial charge < -0.3 is 10.3 Å². The molecular formula is C27H27N3O2S2. The molecule has 2 unspecified atom stereocenters. The van der Waals surface area contributed by atoms with Crippen LogP contribution in [-0.4, -0.2) is 21.1 Å². The van der Waals surface area contributed by atoms with E-state index in [1.165, 1.54) is 34.2 Å². The van der Waals surface area contributed by atoms with Crippen molar-refractivity contribution in [3.8, 4) is 11.1 Å². The lowest BCUT2D eigenvalue weighted by Gasteiger charge is -2.21. The second-order valence-electron chi connectivity index (χ2n) is 8.90. The Balaban J connectivity index is 1.26. The van der Waals surface area contributed by atoms with Gasteiger partial charge in [-0.2, -0.15) is 0 Å². The summed E-state index contributed by atoms with van der Waals surface area (Å²) in [5.41, 5.74) is 4.16. The van der Waals surface area contributed by atoms with E-state index >= 15 is 0 Å². The van der Waals surface area contributed by atoms with E-state index in [9.17, 15) is 9.59 Å². The highest BCUT2D eigenvalue weighted by atomic mass is 32.2. The number of hydrogen-bond acceptors (Lipinski definition) is 5. The third-order valence-electron chi connectivity index (χ3n) is 6.24. The van der Waals surface area contributed by atoms with Gasteiger partial charge in [-0.25, -0.2) is 4.98 Å². The van der Waals surface area contributed by atoms with Crippen molar-refractivity contribution in [3.63, 3.8) is 0 Å². The van der Waals surface area contributed by atoms with E-state index in [1.54, 1.807) is 0 Å². The molecule has 0 bridgehead atoms. The topological polar surface area (TPSA) is 74.8 Å². The maximum absolute atomic E-state index is 13.0. The highest BCUT2D eigenvalue weighted by Gasteiger charge is 2.34. The Morgan fingerprint density at radius 2 is 1.91 bits per heavy atom. The van der Waals surface area contributed by atoms with Gasteiger partial charge in [-0.15, -0.1) is 23.1 Å². The molecule has 4 aromatic rings. The summed E-state index contributed by atoms with van der Waals surface area (Å²) in [7, 11) is 0. The lowest BCUT2D eigenvalue weighted by atomic mass is 10.0. The Hall–Kier alpha value is -2.90. The van der Waals surface area contributed by atoms with E-state index in [4.69, 9.17) is 0 Å². The van der Waals surface area contributed by atoms with Crippen LogP contribution in [0, 0.1) is 12.8 Å².